The number of benzene rings is 1. The molecule has 5 rings (SSSR count). The number of rotatable bonds is 3. The molecule has 0 N–H and O–H groups in total. The number of ether oxygens (including phenoxy) is 1. The fourth-order valence-electron chi connectivity index (χ4n) is 3.33. The van der Waals surface area contributed by atoms with E-state index in [1.54, 1.807) is 29.0 Å². The van der Waals surface area contributed by atoms with E-state index in [1.807, 2.05) is 6.07 Å². The average Bonchev–Trinajstić information content (AvgIpc) is 3.38. The van der Waals surface area contributed by atoms with Crippen LogP contribution in [0.1, 0.15) is 11.0 Å². The molecule has 1 aliphatic heterocycles. The Labute approximate surface area is 159 Å². The van der Waals surface area contributed by atoms with Crippen LogP contribution in [-0.4, -0.2) is 29.7 Å². The fourth-order valence-corrected chi connectivity index (χ4v) is 5.09. The summed E-state index contributed by atoms with van der Waals surface area (Å²) in [7, 11) is 0. The third kappa shape index (κ3) is 2.90. The third-order valence-electron chi connectivity index (χ3n) is 4.59. The van der Waals surface area contributed by atoms with Crippen LogP contribution in [0.4, 0.5) is 5.82 Å². The van der Waals surface area contributed by atoms with Gasteiger partial charge in [0.05, 0.1) is 18.5 Å². The maximum Gasteiger partial charge on any atom is 0.140 e. The molecule has 4 aromatic rings. The molecule has 6 heteroatoms. The fraction of sp³-hybridized carbons (Fsp3) is 0.200. The summed E-state index contributed by atoms with van der Waals surface area (Å²) >= 11 is 3.47. The molecule has 0 radical (unpaired) electrons. The minimum absolute atomic E-state index is 0.112. The van der Waals surface area contributed by atoms with Crippen LogP contribution >= 0.6 is 22.7 Å². The van der Waals surface area contributed by atoms with Gasteiger partial charge in [-0.15, -0.1) is 22.7 Å². The molecule has 4 heterocycles. The van der Waals surface area contributed by atoms with Gasteiger partial charge in [0.2, 0.25) is 0 Å². The molecule has 0 aliphatic carbocycles. The molecule has 0 amide bonds. The predicted molar refractivity (Wildman–Crippen MR) is 108 cm³/mol. The van der Waals surface area contributed by atoms with Crippen molar-refractivity contribution in [2.45, 2.75) is 6.10 Å². The highest BCUT2D eigenvalue weighted by Crippen LogP contribution is 2.37. The van der Waals surface area contributed by atoms with Crippen LogP contribution in [0.2, 0.25) is 0 Å². The molecule has 1 saturated heterocycles. The van der Waals surface area contributed by atoms with Crippen LogP contribution < -0.4 is 4.90 Å². The Bertz CT molecular complexity index is 1010. The number of aromatic nitrogens is 2. The lowest BCUT2D eigenvalue weighted by Gasteiger charge is -2.33. The molecule has 0 bridgehead atoms. The van der Waals surface area contributed by atoms with E-state index < -0.39 is 0 Å². The van der Waals surface area contributed by atoms with Gasteiger partial charge >= 0.3 is 0 Å². The van der Waals surface area contributed by atoms with Crippen LogP contribution in [0.3, 0.4) is 0 Å². The van der Waals surface area contributed by atoms with Gasteiger partial charge in [0.15, 0.2) is 0 Å². The Morgan fingerprint density at radius 1 is 1.08 bits per heavy atom. The van der Waals surface area contributed by atoms with E-state index in [1.165, 1.54) is 15.3 Å². The summed E-state index contributed by atoms with van der Waals surface area (Å²) in [5.41, 5.74) is 1.22. The molecule has 1 aromatic carbocycles. The van der Waals surface area contributed by atoms with Gasteiger partial charge in [-0.1, -0.05) is 36.4 Å². The van der Waals surface area contributed by atoms with Crippen LogP contribution in [0.5, 0.6) is 0 Å². The summed E-state index contributed by atoms with van der Waals surface area (Å²) in [6.45, 7) is 2.39. The van der Waals surface area contributed by atoms with Gasteiger partial charge in [0.1, 0.15) is 23.1 Å². The Morgan fingerprint density at radius 2 is 2.00 bits per heavy atom. The number of anilines is 1. The van der Waals surface area contributed by atoms with Crippen LogP contribution in [0, 0.1) is 0 Å². The zero-order chi connectivity index (χ0) is 17.3. The Hall–Kier alpha value is -2.28. The van der Waals surface area contributed by atoms with Crippen molar-refractivity contribution in [3.05, 3.63) is 65.1 Å². The molecule has 1 fully saturated rings. The standard InChI is InChI=1S/C20H17N3OS2/c1-2-5-14(6-3-1)18-11-15-19(21-13-22-20(15)26-18)23-8-9-24-16(12-23)17-7-4-10-25-17/h1-7,10-11,13,16H,8-9,12H2. The van der Waals surface area contributed by atoms with Crippen molar-refractivity contribution in [1.29, 1.82) is 0 Å². The molecular formula is C20H17N3OS2. The lowest BCUT2D eigenvalue weighted by Crippen LogP contribution is -2.38. The number of hydrogen-bond acceptors (Lipinski definition) is 6. The van der Waals surface area contributed by atoms with E-state index in [4.69, 9.17) is 4.74 Å². The van der Waals surface area contributed by atoms with Crippen LogP contribution in [0.25, 0.3) is 20.7 Å². The van der Waals surface area contributed by atoms with Gasteiger partial charge in [-0.25, -0.2) is 9.97 Å². The monoisotopic (exact) mass is 379 g/mol. The zero-order valence-electron chi connectivity index (χ0n) is 14.0. The van der Waals surface area contributed by atoms with Gasteiger partial charge in [-0.2, -0.15) is 0 Å². The Morgan fingerprint density at radius 3 is 2.85 bits per heavy atom. The second kappa shape index (κ2) is 6.79. The highest BCUT2D eigenvalue weighted by molar-refractivity contribution is 7.21. The molecule has 0 saturated carbocycles. The summed E-state index contributed by atoms with van der Waals surface area (Å²) in [4.78, 5) is 15.0. The van der Waals surface area contributed by atoms with Crippen molar-refractivity contribution < 1.29 is 4.74 Å². The summed E-state index contributed by atoms with van der Waals surface area (Å²) in [6.07, 6.45) is 1.79. The summed E-state index contributed by atoms with van der Waals surface area (Å²) in [5.74, 6) is 1.01. The largest absolute Gasteiger partial charge is 0.369 e. The smallest absolute Gasteiger partial charge is 0.140 e. The van der Waals surface area contributed by atoms with Crippen molar-refractivity contribution in [3.63, 3.8) is 0 Å². The van der Waals surface area contributed by atoms with Crippen molar-refractivity contribution >= 4 is 38.7 Å². The van der Waals surface area contributed by atoms with E-state index in [0.717, 1.165) is 29.1 Å². The SMILES string of the molecule is c1ccc(-c2cc3c(N4CCOC(c5cccs5)C4)ncnc3s2)cc1. The Kier molecular flexibility index (Phi) is 4.16. The normalized spacial score (nSPS) is 17.7. The summed E-state index contributed by atoms with van der Waals surface area (Å²) < 4.78 is 5.99. The van der Waals surface area contributed by atoms with Gasteiger partial charge in [-0.05, 0) is 23.1 Å². The highest BCUT2D eigenvalue weighted by Gasteiger charge is 2.25. The van der Waals surface area contributed by atoms with E-state index >= 15 is 0 Å². The molecule has 0 spiro atoms. The van der Waals surface area contributed by atoms with Crippen molar-refractivity contribution in [1.82, 2.24) is 9.97 Å². The van der Waals surface area contributed by atoms with E-state index in [9.17, 15) is 0 Å². The zero-order valence-corrected chi connectivity index (χ0v) is 15.7. The van der Waals surface area contributed by atoms with E-state index in [0.29, 0.717) is 6.61 Å². The van der Waals surface area contributed by atoms with E-state index in [-0.39, 0.29) is 6.10 Å². The molecule has 4 nitrogen and oxygen atoms in total. The Balaban J connectivity index is 1.51. The molecule has 130 valence electrons. The first kappa shape index (κ1) is 15.9. The number of fused-ring (bicyclic) bond motifs is 1. The number of morpholine rings is 1. The lowest BCUT2D eigenvalue weighted by atomic mass is 10.1. The predicted octanol–water partition coefficient (Wildman–Crippen LogP) is 5.00. The van der Waals surface area contributed by atoms with Crippen LogP contribution in [-0.2, 0) is 4.74 Å². The number of nitrogens with zero attached hydrogens (tertiary/aromatic N) is 3. The second-order valence-electron chi connectivity index (χ2n) is 6.21. The molecule has 26 heavy (non-hydrogen) atoms. The molecule has 1 aliphatic rings. The first-order valence-electron chi connectivity index (χ1n) is 8.58. The van der Waals surface area contributed by atoms with Crippen LogP contribution in [0.15, 0.2) is 60.2 Å². The van der Waals surface area contributed by atoms with Crippen molar-refractivity contribution in [2.75, 3.05) is 24.6 Å². The molecule has 1 unspecified atom stereocenters. The summed E-state index contributed by atoms with van der Waals surface area (Å²) in [5, 5.41) is 3.23. The first-order chi connectivity index (χ1) is 12.9. The maximum absolute atomic E-state index is 5.99. The van der Waals surface area contributed by atoms with Crippen molar-refractivity contribution in [2.24, 2.45) is 0 Å². The topological polar surface area (TPSA) is 38.2 Å². The van der Waals surface area contributed by atoms with Crippen molar-refractivity contribution in [3.8, 4) is 10.4 Å². The molecular weight excluding hydrogens is 362 g/mol. The second-order valence-corrected chi connectivity index (χ2v) is 8.22. The average molecular weight is 380 g/mol. The van der Waals surface area contributed by atoms with Gasteiger partial charge in [-0.3, -0.25) is 0 Å². The molecule has 3 aromatic heterocycles. The summed E-state index contributed by atoms with van der Waals surface area (Å²) in [6, 6.07) is 16.9. The third-order valence-corrected chi connectivity index (χ3v) is 6.65. The number of thiophene rings is 2. The number of hydrogen-bond donors (Lipinski definition) is 0. The lowest BCUT2D eigenvalue weighted by molar-refractivity contribution is 0.0419. The first-order valence-corrected chi connectivity index (χ1v) is 10.3. The minimum Gasteiger partial charge on any atom is -0.369 e. The quantitative estimate of drug-likeness (QED) is 0.502. The minimum atomic E-state index is 0.112. The van der Waals surface area contributed by atoms with Gasteiger partial charge < -0.3 is 9.64 Å². The molecule has 1 atom stereocenters. The maximum atomic E-state index is 5.99. The van der Waals surface area contributed by atoms with Gasteiger partial charge in [0, 0.05) is 16.3 Å². The van der Waals surface area contributed by atoms with E-state index in [2.05, 4.69) is 62.7 Å². The highest BCUT2D eigenvalue weighted by atomic mass is 32.1. The van der Waals surface area contributed by atoms with Gasteiger partial charge in [0.25, 0.3) is 0 Å².